The summed E-state index contributed by atoms with van der Waals surface area (Å²) in [4.78, 5) is 27.8. The number of anilines is 1. The van der Waals surface area contributed by atoms with Crippen molar-refractivity contribution in [3.8, 4) is 0 Å². The Kier molecular flexibility index (Phi) is 4.12. The second kappa shape index (κ2) is 5.65. The molecule has 0 aliphatic carbocycles. The number of hydrogen-bond donors (Lipinski definition) is 0. The molecule has 2 rings (SSSR count). The quantitative estimate of drug-likeness (QED) is 0.830. The van der Waals surface area contributed by atoms with Crippen LogP contribution < -0.4 is 4.90 Å². The highest BCUT2D eigenvalue weighted by Crippen LogP contribution is 2.25. The van der Waals surface area contributed by atoms with Gasteiger partial charge in [-0.05, 0) is 32.4 Å². The van der Waals surface area contributed by atoms with E-state index >= 15 is 0 Å². The van der Waals surface area contributed by atoms with Crippen LogP contribution >= 0.6 is 0 Å². The number of nitrogens with zero attached hydrogens (tertiary/aromatic N) is 2. The van der Waals surface area contributed by atoms with Gasteiger partial charge in [0.15, 0.2) is 0 Å². The third kappa shape index (κ3) is 2.55. The molecule has 1 heterocycles. The van der Waals surface area contributed by atoms with Gasteiger partial charge in [0, 0.05) is 25.2 Å². The second-order valence-corrected chi connectivity index (χ2v) is 5.40. The van der Waals surface area contributed by atoms with Gasteiger partial charge in [-0.2, -0.15) is 0 Å². The first-order chi connectivity index (χ1) is 9.45. The molecule has 1 atom stereocenters. The molecule has 1 fully saturated rings. The molecule has 0 radical (unpaired) electrons. The molecule has 0 aromatic heterocycles. The van der Waals surface area contributed by atoms with Gasteiger partial charge in [0.1, 0.15) is 6.04 Å². The smallest absolute Gasteiger partial charge is 0.249 e. The standard InChI is InChI=1S/C16H22N2O2/c1-5-15(19)17-8-9-18(16(20)13(17)4)14-7-6-11(2)10-12(14)3/h6-7,10,13H,5,8-9H2,1-4H3. The maximum absolute atomic E-state index is 12.5. The minimum absolute atomic E-state index is 0.00463. The van der Waals surface area contributed by atoms with Gasteiger partial charge in [0.25, 0.3) is 0 Å². The van der Waals surface area contributed by atoms with Crippen LogP contribution in [0.5, 0.6) is 0 Å². The maximum atomic E-state index is 12.5. The van der Waals surface area contributed by atoms with Crippen LogP contribution in [-0.4, -0.2) is 35.8 Å². The molecule has 1 aromatic rings. The summed E-state index contributed by atoms with van der Waals surface area (Å²) in [5, 5.41) is 0. The topological polar surface area (TPSA) is 40.6 Å². The van der Waals surface area contributed by atoms with Crippen LogP contribution in [-0.2, 0) is 9.59 Å². The lowest BCUT2D eigenvalue weighted by Gasteiger charge is -2.39. The number of rotatable bonds is 2. The number of hydrogen-bond acceptors (Lipinski definition) is 2. The maximum Gasteiger partial charge on any atom is 0.249 e. The van der Waals surface area contributed by atoms with Gasteiger partial charge in [-0.15, -0.1) is 0 Å². The Bertz CT molecular complexity index is 539. The van der Waals surface area contributed by atoms with Gasteiger partial charge in [0.05, 0.1) is 0 Å². The number of aryl methyl sites for hydroxylation is 2. The van der Waals surface area contributed by atoms with E-state index in [0.29, 0.717) is 19.5 Å². The Morgan fingerprint density at radius 2 is 2.00 bits per heavy atom. The minimum Gasteiger partial charge on any atom is -0.329 e. The zero-order valence-electron chi connectivity index (χ0n) is 12.6. The average Bonchev–Trinajstić information content (AvgIpc) is 2.42. The predicted molar refractivity (Wildman–Crippen MR) is 79.7 cm³/mol. The Hall–Kier alpha value is -1.84. The lowest BCUT2D eigenvalue weighted by Crippen LogP contribution is -2.57. The fraction of sp³-hybridized carbons (Fsp3) is 0.500. The Morgan fingerprint density at radius 1 is 1.30 bits per heavy atom. The van der Waals surface area contributed by atoms with Gasteiger partial charge in [-0.1, -0.05) is 24.6 Å². The van der Waals surface area contributed by atoms with Gasteiger partial charge in [-0.25, -0.2) is 0 Å². The molecule has 1 aromatic carbocycles. The van der Waals surface area contributed by atoms with Crippen molar-refractivity contribution in [1.29, 1.82) is 0 Å². The third-order valence-corrected chi connectivity index (χ3v) is 3.92. The van der Waals surface area contributed by atoms with Crippen molar-refractivity contribution in [3.63, 3.8) is 0 Å². The summed E-state index contributed by atoms with van der Waals surface area (Å²) in [6, 6.07) is 5.71. The fourth-order valence-corrected chi connectivity index (χ4v) is 2.76. The summed E-state index contributed by atoms with van der Waals surface area (Å²) in [5.41, 5.74) is 3.24. The van der Waals surface area contributed by atoms with Crippen LogP contribution in [0.25, 0.3) is 0 Å². The Morgan fingerprint density at radius 3 is 2.60 bits per heavy atom. The number of piperazine rings is 1. The molecule has 20 heavy (non-hydrogen) atoms. The molecule has 1 saturated heterocycles. The summed E-state index contributed by atoms with van der Waals surface area (Å²) in [5.74, 6) is 0.0520. The van der Waals surface area contributed by atoms with Gasteiger partial charge in [-0.3, -0.25) is 9.59 Å². The molecule has 0 N–H and O–H groups in total. The first kappa shape index (κ1) is 14.6. The minimum atomic E-state index is -0.378. The summed E-state index contributed by atoms with van der Waals surface area (Å²) in [6.07, 6.45) is 0.446. The van der Waals surface area contributed by atoms with E-state index in [1.165, 1.54) is 5.56 Å². The summed E-state index contributed by atoms with van der Waals surface area (Å²) in [6.45, 7) is 8.87. The van der Waals surface area contributed by atoms with E-state index in [2.05, 4.69) is 6.07 Å². The van der Waals surface area contributed by atoms with Crippen molar-refractivity contribution in [2.75, 3.05) is 18.0 Å². The molecule has 1 unspecified atom stereocenters. The fourth-order valence-electron chi connectivity index (χ4n) is 2.76. The van der Waals surface area contributed by atoms with Crippen molar-refractivity contribution < 1.29 is 9.59 Å². The molecule has 1 aliphatic rings. The first-order valence-electron chi connectivity index (χ1n) is 7.13. The van der Waals surface area contributed by atoms with E-state index < -0.39 is 0 Å². The number of carbonyl (C=O) groups excluding carboxylic acids is 2. The molecule has 1 aliphatic heterocycles. The van der Waals surface area contributed by atoms with E-state index in [-0.39, 0.29) is 17.9 Å². The second-order valence-electron chi connectivity index (χ2n) is 5.40. The molecular formula is C16H22N2O2. The normalized spacial score (nSPS) is 19.4. The van der Waals surface area contributed by atoms with Crippen LogP contribution in [0.3, 0.4) is 0 Å². The highest BCUT2D eigenvalue weighted by molar-refractivity contribution is 6.00. The van der Waals surface area contributed by atoms with Crippen molar-refractivity contribution >= 4 is 17.5 Å². The number of amides is 2. The van der Waals surface area contributed by atoms with E-state index in [0.717, 1.165) is 11.3 Å². The highest BCUT2D eigenvalue weighted by Gasteiger charge is 2.34. The number of benzene rings is 1. The SMILES string of the molecule is CCC(=O)N1CCN(c2ccc(C)cc2C)C(=O)C1C. The first-order valence-corrected chi connectivity index (χ1v) is 7.13. The lowest BCUT2D eigenvalue weighted by molar-refractivity contribution is -0.140. The molecular weight excluding hydrogens is 252 g/mol. The largest absolute Gasteiger partial charge is 0.329 e. The molecule has 0 bridgehead atoms. The molecule has 4 nitrogen and oxygen atoms in total. The Labute approximate surface area is 120 Å². The van der Waals surface area contributed by atoms with E-state index in [4.69, 9.17) is 0 Å². The summed E-state index contributed by atoms with van der Waals surface area (Å²) in [7, 11) is 0. The van der Waals surface area contributed by atoms with Crippen molar-refractivity contribution in [1.82, 2.24) is 4.90 Å². The molecule has 0 saturated carbocycles. The Balaban J connectivity index is 2.24. The molecule has 4 heteroatoms. The van der Waals surface area contributed by atoms with Crippen LogP contribution in [0.2, 0.25) is 0 Å². The average molecular weight is 274 g/mol. The van der Waals surface area contributed by atoms with Crippen LogP contribution in [0.15, 0.2) is 18.2 Å². The van der Waals surface area contributed by atoms with Gasteiger partial charge >= 0.3 is 0 Å². The van der Waals surface area contributed by atoms with Crippen molar-refractivity contribution in [3.05, 3.63) is 29.3 Å². The van der Waals surface area contributed by atoms with Crippen molar-refractivity contribution in [2.45, 2.75) is 40.2 Å². The van der Waals surface area contributed by atoms with Crippen molar-refractivity contribution in [2.24, 2.45) is 0 Å². The zero-order valence-corrected chi connectivity index (χ0v) is 12.6. The number of carbonyl (C=O) groups is 2. The van der Waals surface area contributed by atoms with Gasteiger partial charge in [0.2, 0.25) is 11.8 Å². The summed E-state index contributed by atoms with van der Waals surface area (Å²) >= 11 is 0. The predicted octanol–water partition coefficient (Wildman–Crippen LogP) is 2.28. The third-order valence-electron chi connectivity index (χ3n) is 3.92. The molecule has 108 valence electrons. The monoisotopic (exact) mass is 274 g/mol. The van der Waals surface area contributed by atoms with Crippen LogP contribution in [0, 0.1) is 13.8 Å². The van der Waals surface area contributed by atoms with Gasteiger partial charge < -0.3 is 9.80 Å². The van der Waals surface area contributed by atoms with E-state index in [9.17, 15) is 9.59 Å². The lowest BCUT2D eigenvalue weighted by atomic mass is 10.1. The zero-order chi connectivity index (χ0) is 14.9. The van der Waals surface area contributed by atoms with E-state index in [1.807, 2.05) is 39.8 Å². The molecule has 2 amide bonds. The highest BCUT2D eigenvalue weighted by atomic mass is 16.2. The summed E-state index contributed by atoms with van der Waals surface area (Å²) < 4.78 is 0. The van der Waals surface area contributed by atoms with Crippen LogP contribution in [0.4, 0.5) is 5.69 Å². The molecule has 0 spiro atoms. The van der Waals surface area contributed by atoms with Crippen LogP contribution in [0.1, 0.15) is 31.4 Å². The van der Waals surface area contributed by atoms with E-state index in [1.54, 1.807) is 9.80 Å².